The molecule has 0 unspecified atom stereocenters. The number of rotatable bonds is 3. The SMILES string of the molecule is CC1(C)O[C@H]2O[C@H]([C@H]3COC(C)(C)O3)[C@@H](Op3oc4ccccc4c4ccccc4o3)[C@H]2O1. The van der Waals surface area contributed by atoms with E-state index in [1.54, 1.807) is 0 Å². The van der Waals surface area contributed by atoms with Gasteiger partial charge in [0, 0.05) is 10.8 Å². The summed E-state index contributed by atoms with van der Waals surface area (Å²) in [5, 5.41) is 1.91. The molecule has 0 amide bonds. The predicted molar refractivity (Wildman–Crippen MR) is 120 cm³/mol. The first-order valence-corrected chi connectivity index (χ1v) is 12.2. The van der Waals surface area contributed by atoms with Gasteiger partial charge in [-0.25, -0.2) is 0 Å². The van der Waals surface area contributed by atoms with Crippen LogP contribution in [0.1, 0.15) is 27.7 Å². The van der Waals surface area contributed by atoms with E-state index in [2.05, 4.69) is 0 Å². The molecular weight excluding hydrogens is 447 g/mol. The van der Waals surface area contributed by atoms with E-state index in [9.17, 15) is 0 Å². The molecule has 0 spiro atoms. The van der Waals surface area contributed by atoms with Crippen LogP contribution in [-0.2, 0) is 23.7 Å². The maximum Gasteiger partial charge on any atom is 0.387 e. The maximum atomic E-state index is 6.50. The van der Waals surface area contributed by atoms with Gasteiger partial charge >= 0.3 is 8.24 Å². The molecule has 33 heavy (non-hydrogen) atoms. The van der Waals surface area contributed by atoms with E-state index in [-0.39, 0.29) is 6.10 Å². The molecule has 0 bridgehead atoms. The fraction of sp³-hybridized carbons (Fsp3) is 0.500. The highest BCUT2D eigenvalue weighted by molar-refractivity contribution is 7.31. The molecule has 0 N–H and O–H groups in total. The van der Waals surface area contributed by atoms with E-state index in [1.165, 1.54) is 0 Å². The van der Waals surface area contributed by atoms with Crippen molar-refractivity contribution in [2.75, 3.05) is 6.61 Å². The van der Waals surface area contributed by atoms with Crippen molar-refractivity contribution in [3.05, 3.63) is 48.5 Å². The Labute approximate surface area is 192 Å². The molecule has 3 aliphatic rings. The Bertz CT molecular complexity index is 1160. The van der Waals surface area contributed by atoms with Crippen LogP contribution in [0.15, 0.2) is 56.9 Å². The zero-order valence-electron chi connectivity index (χ0n) is 18.9. The Balaban J connectivity index is 1.41. The lowest BCUT2D eigenvalue weighted by Gasteiger charge is -2.28. The van der Waals surface area contributed by atoms with Gasteiger partial charge in [-0.1, -0.05) is 36.4 Å². The van der Waals surface area contributed by atoms with Gasteiger partial charge in [-0.05, 0) is 39.8 Å². The van der Waals surface area contributed by atoms with Crippen LogP contribution in [0.5, 0.6) is 0 Å². The standard InChI is InChI=1S/C24H27O8P/c1-23(2)25-13-18(27-23)19-20(21-22(26-19)29-24(3,4)28-21)32-33-30-16-11-7-5-9-14(16)15-10-6-8-12-17(15)31-33/h5-12,18-22H,13H2,1-4H3/t18-,19-,20-,21-,22-/m1/s1. The van der Waals surface area contributed by atoms with E-state index in [4.69, 9.17) is 36.6 Å². The third-order valence-corrected chi connectivity index (χ3v) is 7.15. The van der Waals surface area contributed by atoms with Crippen LogP contribution in [0.25, 0.3) is 21.9 Å². The van der Waals surface area contributed by atoms with Gasteiger partial charge in [0.2, 0.25) is 0 Å². The number of hydrogen-bond donors (Lipinski definition) is 0. The first kappa shape index (κ1) is 21.6. The summed E-state index contributed by atoms with van der Waals surface area (Å²) < 4.78 is 49.3. The van der Waals surface area contributed by atoms with E-state index >= 15 is 0 Å². The van der Waals surface area contributed by atoms with Gasteiger partial charge in [0.1, 0.15) is 35.6 Å². The van der Waals surface area contributed by atoms with E-state index in [0.717, 1.165) is 10.8 Å². The monoisotopic (exact) mass is 474 g/mol. The molecule has 1 aromatic heterocycles. The lowest BCUT2D eigenvalue weighted by Crippen LogP contribution is -2.45. The van der Waals surface area contributed by atoms with E-state index in [1.807, 2.05) is 76.2 Å². The summed E-state index contributed by atoms with van der Waals surface area (Å²) in [5.74, 6) is -1.48. The van der Waals surface area contributed by atoms with Crippen molar-refractivity contribution in [2.45, 2.75) is 70.0 Å². The molecule has 3 aromatic rings. The maximum absolute atomic E-state index is 6.50. The molecule has 2 aromatic carbocycles. The third kappa shape index (κ3) is 4.00. The Kier molecular flexibility index (Phi) is 5.12. The summed E-state index contributed by atoms with van der Waals surface area (Å²) in [6.45, 7) is 7.85. The van der Waals surface area contributed by atoms with E-state index < -0.39 is 44.4 Å². The first-order chi connectivity index (χ1) is 15.8. The van der Waals surface area contributed by atoms with Crippen LogP contribution in [0.4, 0.5) is 0 Å². The van der Waals surface area contributed by atoms with Gasteiger partial charge in [-0.3, -0.25) is 4.52 Å². The molecule has 0 radical (unpaired) electrons. The average molecular weight is 474 g/mol. The molecule has 176 valence electrons. The van der Waals surface area contributed by atoms with E-state index in [0.29, 0.717) is 17.8 Å². The largest absolute Gasteiger partial charge is 0.399 e. The lowest BCUT2D eigenvalue weighted by molar-refractivity contribution is -0.228. The van der Waals surface area contributed by atoms with Gasteiger partial charge < -0.3 is 32.1 Å². The molecule has 5 atom stereocenters. The molecular formula is C24H27O8P. The molecule has 8 nitrogen and oxygen atoms in total. The van der Waals surface area contributed by atoms with Gasteiger partial charge in [0.25, 0.3) is 0 Å². The molecule has 9 heteroatoms. The van der Waals surface area contributed by atoms with Crippen LogP contribution < -0.4 is 4.52 Å². The second-order valence-electron chi connectivity index (χ2n) is 9.40. The van der Waals surface area contributed by atoms with Gasteiger partial charge in [-0.15, -0.1) is 0 Å². The third-order valence-electron chi connectivity index (χ3n) is 6.04. The molecule has 6 rings (SSSR count). The van der Waals surface area contributed by atoms with Crippen molar-refractivity contribution in [3.63, 3.8) is 0 Å². The number of benzene rings is 2. The minimum Gasteiger partial charge on any atom is -0.399 e. The highest BCUT2D eigenvalue weighted by Gasteiger charge is 2.59. The van der Waals surface area contributed by atoms with Gasteiger partial charge in [-0.2, -0.15) is 0 Å². The number of fused-ring (bicyclic) bond motifs is 4. The molecule has 3 fully saturated rings. The minimum absolute atomic E-state index is 0.340. The lowest BCUT2D eigenvalue weighted by atomic mass is 10.1. The van der Waals surface area contributed by atoms with Gasteiger partial charge in [0.05, 0.1) is 6.61 Å². The Morgan fingerprint density at radius 1 is 0.788 bits per heavy atom. The Morgan fingerprint density at radius 3 is 2.03 bits per heavy atom. The normalized spacial score (nSPS) is 32.4. The highest BCUT2D eigenvalue weighted by atomic mass is 31.1. The molecule has 4 heterocycles. The number of para-hydroxylation sites is 2. The van der Waals surface area contributed by atoms with Crippen LogP contribution in [0, 0.1) is 0 Å². The Hall–Kier alpha value is -1.90. The second-order valence-corrected chi connectivity index (χ2v) is 10.4. The highest BCUT2D eigenvalue weighted by Crippen LogP contribution is 2.44. The van der Waals surface area contributed by atoms with Crippen molar-refractivity contribution in [1.82, 2.24) is 0 Å². The van der Waals surface area contributed by atoms with Crippen LogP contribution in [-0.4, -0.2) is 48.9 Å². The first-order valence-electron chi connectivity index (χ1n) is 11.1. The smallest absolute Gasteiger partial charge is 0.387 e. The number of hydrogen-bond acceptors (Lipinski definition) is 8. The molecule has 3 aliphatic heterocycles. The van der Waals surface area contributed by atoms with Gasteiger partial charge in [0.15, 0.2) is 17.9 Å². The van der Waals surface area contributed by atoms with Crippen molar-refractivity contribution < 1.29 is 36.6 Å². The van der Waals surface area contributed by atoms with Crippen molar-refractivity contribution in [3.8, 4) is 0 Å². The topological polar surface area (TPSA) is 81.7 Å². The fourth-order valence-electron chi connectivity index (χ4n) is 4.66. The van der Waals surface area contributed by atoms with Crippen LogP contribution in [0.3, 0.4) is 0 Å². The summed E-state index contributed by atoms with van der Waals surface area (Å²) in [5.41, 5.74) is 1.40. The molecule has 0 saturated carbocycles. The predicted octanol–water partition coefficient (Wildman–Crippen LogP) is 5.12. The Morgan fingerprint density at radius 2 is 1.42 bits per heavy atom. The van der Waals surface area contributed by atoms with Crippen LogP contribution in [0.2, 0.25) is 0 Å². The summed E-state index contributed by atoms with van der Waals surface area (Å²) >= 11 is 0. The average Bonchev–Trinajstić information content (AvgIpc) is 3.34. The van der Waals surface area contributed by atoms with Crippen molar-refractivity contribution in [1.29, 1.82) is 0 Å². The summed E-state index contributed by atoms with van der Waals surface area (Å²) in [6, 6.07) is 15.7. The number of ether oxygens (including phenoxy) is 5. The summed E-state index contributed by atoms with van der Waals surface area (Å²) in [4.78, 5) is 0. The second kappa shape index (κ2) is 7.82. The zero-order chi connectivity index (χ0) is 22.8. The van der Waals surface area contributed by atoms with Crippen molar-refractivity contribution in [2.24, 2.45) is 0 Å². The summed E-state index contributed by atoms with van der Waals surface area (Å²) in [6.07, 6.45) is -2.39. The van der Waals surface area contributed by atoms with Crippen LogP contribution >= 0.6 is 8.24 Å². The molecule has 0 aliphatic carbocycles. The molecule has 3 saturated heterocycles. The minimum atomic E-state index is -1.81. The van der Waals surface area contributed by atoms with Crippen molar-refractivity contribution >= 4 is 30.2 Å². The zero-order valence-corrected chi connectivity index (χ0v) is 19.8. The quantitative estimate of drug-likeness (QED) is 0.518. The summed E-state index contributed by atoms with van der Waals surface area (Å²) in [7, 11) is -1.81. The fourth-order valence-corrected chi connectivity index (χ4v) is 5.86.